The first-order chi connectivity index (χ1) is 20.4. The molecule has 0 atom stereocenters. The zero-order chi connectivity index (χ0) is 29.6. The fraction of sp³-hybridized carbons (Fsp3) is 0.152. The molecule has 0 saturated carbocycles. The Kier molecular flexibility index (Phi) is 8.55. The van der Waals surface area contributed by atoms with Crippen molar-refractivity contribution >= 4 is 29.4 Å². The molecule has 5 rings (SSSR count). The Morgan fingerprint density at radius 1 is 1.00 bits per heavy atom. The lowest BCUT2D eigenvalue weighted by Gasteiger charge is -2.07. The van der Waals surface area contributed by atoms with Gasteiger partial charge in [-0.25, -0.2) is 9.36 Å². The van der Waals surface area contributed by atoms with Gasteiger partial charge in [0.1, 0.15) is 17.3 Å². The first-order valence-corrected chi connectivity index (χ1v) is 14.5. The normalized spacial score (nSPS) is 11.3. The third kappa shape index (κ3) is 5.85. The van der Waals surface area contributed by atoms with Gasteiger partial charge >= 0.3 is 0 Å². The highest BCUT2D eigenvalue weighted by Crippen LogP contribution is 2.29. The number of carbonyl (C=O) groups is 1. The lowest BCUT2D eigenvalue weighted by molar-refractivity contribution is -0.112. The van der Waals surface area contributed by atoms with Crippen LogP contribution in [-0.4, -0.2) is 30.8 Å². The van der Waals surface area contributed by atoms with Crippen LogP contribution in [0.25, 0.3) is 28.7 Å². The quantitative estimate of drug-likeness (QED) is 0.125. The van der Waals surface area contributed by atoms with Crippen LogP contribution >= 0.6 is 11.8 Å². The Balaban J connectivity index is 1.52. The molecule has 0 radical (unpaired) electrons. The summed E-state index contributed by atoms with van der Waals surface area (Å²) in [5, 5.41) is 17.5. The van der Waals surface area contributed by atoms with E-state index in [-0.39, 0.29) is 16.8 Å². The summed E-state index contributed by atoms with van der Waals surface area (Å²) in [5.74, 6) is 0.363. The second-order valence-corrected chi connectivity index (χ2v) is 10.8. The summed E-state index contributed by atoms with van der Waals surface area (Å²) in [6, 6.07) is 28.9. The number of aromatic nitrogens is 4. The molecule has 8 nitrogen and oxygen atoms in total. The number of benzene rings is 3. The van der Waals surface area contributed by atoms with Crippen molar-refractivity contribution < 1.29 is 4.79 Å². The molecule has 0 spiro atoms. The van der Waals surface area contributed by atoms with Crippen LogP contribution in [0.5, 0.6) is 0 Å². The molecule has 1 N–H and O–H groups in total. The minimum absolute atomic E-state index is 0.118. The molecule has 9 heteroatoms. The van der Waals surface area contributed by atoms with Gasteiger partial charge in [0.25, 0.3) is 11.5 Å². The van der Waals surface area contributed by atoms with Gasteiger partial charge < -0.3 is 5.32 Å². The van der Waals surface area contributed by atoms with Crippen molar-refractivity contribution in [2.45, 2.75) is 25.2 Å². The molecule has 0 fully saturated rings. The van der Waals surface area contributed by atoms with Crippen molar-refractivity contribution in [2.24, 2.45) is 7.05 Å². The number of para-hydroxylation sites is 2. The largest absolute Gasteiger partial charge is 0.315 e. The molecule has 5 aromatic rings. The lowest BCUT2D eigenvalue weighted by atomic mass is 10.1. The summed E-state index contributed by atoms with van der Waals surface area (Å²) in [5.41, 5.74) is 3.76. The summed E-state index contributed by atoms with van der Waals surface area (Å²) in [6.07, 6.45) is 4.40. The second-order valence-electron chi connectivity index (χ2n) is 9.65. The zero-order valence-electron chi connectivity index (χ0n) is 23.6. The average molecular weight is 575 g/mol. The number of anilines is 1. The second kappa shape index (κ2) is 12.6. The Morgan fingerprint density at radius 3 is 2.26 bits per heavy atom. The standard InChI is InChI=1S/C33H30N6O2S/c1-4-19-42-29-17-15-24(16-18-29)31-26(22-38(36-31)27-11-7-5-8-12-27)20-25(21-34)32(40)35-30-23(2)37(3)39(33(30)41)28-13-9-6-10-14-28/h5-18,20,22H,4,19H2,1-3H3,(H,35,40). The summed E-state index contributed by atoms with van der Waals surface area (Å²) in [4.78, 5) is 27.9. The maximum absolute atomic E-state index is 13.4. The number of amides is 1. The maximum atomic E-state index is 13.4. The van der Waals surface area contributed by atoms with Gasteiger partial charge in [-0.1, -0.05) is 55.5 Å². The van der Waals surface area contributed by atoms with E-state index in [9.17, 15) is 14.9 Å². The number of carbonyl (C=O) groups excluding carboxylic acids is 1. The molecule has 0 aliphatic heterocycles. The molecular weight excluding hydrogens is 544 g/mol. The Bertz CT molecular complexity index is 1840. The SMILES string of the molecule is CCCSc1ccc(-c2nn(-c3ccccc3)cc2C=C(C#N)C(=O)Nc2c(C)n(C)n(-c3ccccc3)c2=O)cc1. The van der Waals surface area contributed by atoms with E-state index in [4.69, 9.17) is 5.10 Å². The van der Waals surface area contributed by atoms with Crippen molar-refractivity contribution in [3.63, 3.8) is 0 Å². The van der Waals surface area contributed by atoms with Crippen LogP contribution in [-0.2, 0) is 11.8 Å². The zero-order valence-corrected chi connectivity index (χ0v) is 24.4. The Morgan fingerprint density at radius 2 is 1.64 bits per heavy atom. The summed E-state index contributed by atoms with van der Waals surface area (Å²) in [7, 11) is 1.75. The van der Waals surface area contributed by atoms with Crippen LogP contribution in [0, 0.1) is 18.3 Å². The van der Waals surface area contributed by atoms with Crippen molar-refractivity contribution in [1.29, 1.82) is 5.26 Å². The van der Waals surface area contributed by atoms with Gasteiger partial charge in [-0.2, -0.15) is 10.4 Å². The number of hydrogen-bond donors (Lipinski definition) is 1. The number of thioether (sulfide) groups is 1. The number of rotatable bonds is 9. The van der Waals surface area contributed by atoms with Crippen molar-refractivity contribution in [3.05, 3.63) is 118 Å². The number of nitrogens with one attached hydrogen (secondary N) is 1. The number of nitriles is 1. The van der Waals surface area contributed by atoms with E-state index in [2.05, 4.69) is 24.4 Å². The van der Waals surface area contributed by atoms with Gasteiger partial charge in [0, 0.05) is 29.3 Å². The fourth-order valence-electron chi connectivity index (χ4n) is 4.56. The van der Waals surface area contributed by atoms with Crippen LogP contribution in [0.15, 0.2) is 106 Å². The lowest BCUT2D eigenvalue weighted by Crippen LogP contribution is -2.23. The molecule has 2 heterocycles. The van der Waals surface area contributed by atoms with E-state index in [0.717, 1.165) is 28.3 Å². The van der Waals surface area contributed by atoms with E-state index < -0.39 is 5.91 Å². The molecule has 0 aliphatic carbocycles. The van der Waals surface area contributed by atoms with Gasteiger partial charge in [0.2, 0.25) is 0 Å². The summed E-state index contributed by atoms with van der Waals surface area (Å²) >= 11 is 1.79. The van der Waals surface area contributed by atoms with E-state index in [1.165, 1.54) is 10.8 Å². The monoisotopic (exact) mass is 574 g/mol. The third-order valence-corrected chi connectivity index (χ3v) is 8.04. The highest BCUT2D eigenvalue weighted by Gasteiger charge is 2.21. The van der Waals surface area contributed by atoms with Crippen molar-refractivity contribution in [2.75, 3.05) is 11.1 Å². The summed E-state index contributed by atoms with van der Waals surface area (Å²) < 4.78 is 4.88. The number of hydrogen-bond acceptors (Lipinski definition) is 5. The molecule has 0 bridgehead atoms. The minimum atomic E-state index is -0.673. The minimum Gasteiger partial charge on any atom is -0.315 e. The van der Waals surface area contributed by atoms with Crippen LogP contribution in [0.3, 0.4) is 0 Å². The van der Waals surface area contributed by atoms with Crippen molar-refractivity contribution in [3.8, 4) is 28.7 Å². The molecule has 42 heavy (non-hydrogen) atoms. The molecule has 3 aromatic carbocycles. The van der Waals surface area contributed by atoms with E-state index >= 15 is 0 Å². The maximum Gasteiger partial charge on any atom is 0.295 e. The topological polar surface area (TPSA) is 97.6 Å². The van der Waals surface area contributed by atoms with E-state index in [1.807, 2.05) is 78.9 Å². The molecular formula is C33H30N6O2S. The van der Waals surface area contributed by atoms with Crippen LogP contribution < -0.4 is 10.9 Å². The predicted octanol–water partition coefficient (Wildman–Crippen LogP) is 6.38. The highest BCUT2D eigenvalue weighted by molar-refractivity contribution is 7.99. The first kappa shape index (κ1) is 28.5. The smallest absolute Gasteiger partial charge is 0.295 e. The van der Waals surface area contributed by atoms with E-state index in [1.54, 1.807) is 41.3 Å². The van der Waals surface area contributed by atoms with E-state index in [0.29, 0.717) is 22.6 Å². The van der Waals surface area contributed by atoms with Gasteiger partial charge in [-0.05, 0) is 61.6 Å². The van der Waals surface area contributed by atoms with Crippen LogP contribution in [0.4, 0.5) is 5.69 Å². The number of nitrogens with zero attached hydrogens (tertiary/aromatic N) is 5. The summed E-state index contributed by atoms with van der Waals surface area (Å²) in [6.45, 7) is 3.90. The van der Waals surface area contributed by atoms with Gasteiger partial charge in [-0.15, -0.1) is 11.8 Å². The van der Waals surface area contributed by atoms with Crippen LogP contribution in [0.1, 0.15) is 24.6 Å². The van der Waals surface area contributed by atoms with Crippen LogP contribution in [0.2, 0.25) is 0 Å². The predicted molar refractivity (Wildman–Crippen MR) is 168 cm³/mol. The molecule has 210 valence electrons. The first-order valence-electron chi connectivity index (χ1n) is 13.6. The molecule has 1 amide bonds. The molecule has 2 aromatic heterocycles. The molecule has 0 aliphatic rings. The fourth-order valence-corrected chi connectivity index (χ4v) is 5.32. The molecule has 0 unspecified atom stereocenters. The van der Waals surface area contributed by atoms with Gasteiger partial charge in [-0.3, -0.25) is 14.3 Å². The van der Waals surface area contributed by atoms with Gasteiger partial charge in [0.05, 0.1) is 22.8 Å². The Labute approximate surface area is 248 Å². The Hall–Kier alpha value is -5.07. The van der Waals surface area contributed by atoms with Gasteiger partial charge in [0.15, 0.2) is 0 Å². The molecule has 0 saturated heterocycles. The third-order valence-electron chi connectivity index (χ3n) is 6.82. The van der Waals surface area contributed by atoms with Crippen molar-refractivity contribution in [1.82, 2.24) is 19.1 Å². The average Bonchev–Trinajstić information content (AvgIpc) is 3.54. The highest BCUT2D eigenvalue weighted by atomic mass is 32.2.